The number of halogens is 1. The maximum absolute atomic E-state index is 13.5. The van der Waals surface area contributed by atoms with Gasteiger partial charge in [0.25, 0.3) is 11.6 Å². The minimum absolute atomic E-state index is 0.143. The van der Waals surface area contributed by atoms with Crippen molar-refractivity contribution in [2.75, 3.05) is 18.5 Å². The molecule has 8 heteroatoms. The first-order valence-electron chi connectivity index (χ1n) is 6.28. The fourth-order valence-electron chi connectivity index (χ4n) is 2.26. The maximum Gasteiger partial charge on any atom is 0.285 e. The fraction of sp³-hybridized carbons (Fsp3) is 0.417. The first-order valence-corrected chi connectivity index (χ1v) is 6.28. The van der Waals surface area contributed by atoms with E-state index in [4.69, 9.17) is 5.84 Å². The number of anilines is 1. The molecule has 0 bridgehead atoms. The van der Waals surface area contributed by atoms with Crippen molar-refractivity contribution in [3.8, 4) is 0 Å². The van der Waals surface area contributed by atoms with Crippen LogP contribution in [0.4, 0.5) is 15.8 Å². The van der Waals surface area contributed by atoms with Crippen LogP contribution in [0.3, 0.4) is 0 Å². The highest BCUT2D eigenvalue weighted by atomic mass is 19.1. The Balaban J connectivity index is 2.42. The number of carbonyl (C=O) groups excluding carboxylic acids is 1. The summed E-state index contributed by atoms with van der Waals surface area (Å²) in [6.45, 7) is 1.11. The van der Waals surface area contributed by atoms with Gasteiger partial charge in [-0.2, -0.15) is 0 Å². The van der Waals surface area contributed by atoms with Crippen LogP contribution < -0.4 is 11.3 Å². The van der Waals surface area contributed by atoms with Crippen molar-refractivity contribution in [2.45, 2.75) is 19.3 Å². The largest absolute Gasteiger partial charge is 0.338 e. The van der Waals surface area contributed by atoms with E-state index in [1.54, 1.807) is 4.90 Å². The number of nitrogens with zero attached hydrogens (tertiary/aromatic N) is 2. The Labute approximate surface area is 114 Å². The molecule has 3 N–H and O–H groups in total. The summed E-state index contributed by atoms with van der Waals surface area (Å²) in [5.41, 5.74) is 1.26. The first-order chi connectivity index (χ1) is 9.54. The number of benzene rings is 1. The molecule has 1 saturated heterocycles. The third-order valence-electron chi connectivity index (χ3n) is 3.31. The minimum atomic E-state index is -0.866. The number of nitro groups is 1. The van der Waals surface area contributed by atoms with E-state index in [-0.39, 0.29) is 11.3 Å². The molecule has 0 spiro atoms. The quantitative estimate of drug-likeness (QED) is 0.498. The molecule has 1 heterocycles. The number of piperidine rings is 1. The van der Waals surface area contributed by atoms with Gasteiger partial charge < -0.3 is 10.3 Å². The number of amides is 1. The average Bonchev–Trinajstić information content (AvgIpc) is 2.47. The molecule has 1 aromatic rings. The topological polar surface area (TPSA) is 102 Å². The van der Waals surface area contributed by atoms with E-state index in [9.17, 15) is 19.3 Å². The van der Waals surface area contributed by atoms with Crippen LogP contribution in [-0.2, 0) is 0 Å². The fourth-order valence-corrected chi connectivity index (χ4v) is 2.26. The normalized spacial score (nSPS) is 15.0. The molecule has 1 fully saturated rings. The summed E-state index contributed by atoms with van der Waals surface area (Å²) in [5, 5.41) is 11.0. The van der Waals surface area contributed by atoms with Gasteiger partial charge in [0.2, 0.25) is 0 Å². The highest BCUT2D eigenvalue weighted by Gasteiger charge is 2.27. The third kappa shape index (κ3) is 2.69. The predicted octanol–water partition coefficient (Wildman–Crippen LogP) is 1.65. The number of carbonyl (C=O) groups is 1. The highest BCUT2D eigenvalue weighted by Crippen LogP contribution is 2.27. The van der Waals surface area contributed by atoms with Crippen molar-refractivity contribution >= 4 is 17.3 Å². The summed E-state index contributed by atoms with van der Waals surface area (Å²) in [5.74, 6) is 3.81. The Bertz CT molecular complexity index is 544. The Morgan fingerprint density at radius 3 is 2.55 bits per heavy atom. The smallest absolute Gasteiger partial charge is 0.285 e. The third-order valence-corrected chi connectivity index (χ3v) is 3.31. The Morgan fingerprint density at radius 1 is 1.35 bits per heavy atom. The highest BCUT2D eigenvalue weighted by molar-refractivity contribution is 5.99. The molecule has 0 aliphatic carbocycles. The van der Waals surface area contributed by atoms with Crippen molar-refractivity contribution in [3.63, 3.8) is 0 Å². The summed E-state index contributed by atoms with van der Waals surface area (Å²) in [6.07, 6.45) is 2.76. The van der Waals surface area contributed by atoms with Gasteiger partial charge in [-0.25, -0.2) is 4.39 Å². The number of nitro benzene ring substituents is 1. The summed E-state index contributed by atoms with van der Waals surface area (Å²) in [4.78, 5) is 24.1. The first kappa shape index (κ1) is 14.2. The van der Waals surface area contributed by atoms with Crippen molar-refractivity contribution < 1.29 is 14.1 Å². The van der Waals surface area contributed by atoms with Gasteiger partial charge in [-0.15, -0.1) is 0 Å². The molecule has 108 valence electrons. The lowest BCUT2D eigenvalue weighted by molar-refractivity contribution is -0.385. The van der Waals surface area contributed by atoms with Crippen LogP contribution in [-0.4, -0.2) is 28.8 Å². The summed E-state index contributed by atoms with van der Waals surface area (Å²) >= 11 is 0. The number of nitrogens with two attached hydrogens (primary N) is 1. The number of rotatable bonds is 3. The molecule has 7 nitrogen and oxygen atoms in total. The van der Waals surface area contributed by atoms with Crippen molar-refractivity contribution in [3.05, 3.63) is 33.6 Å². The molecular weight excluding hydrogens is 267 g/mol. The number of hydrogen-bond acceptors (Lipinski definition) is 5. The lowest BCUT2D eigenvalue weighted by Gasteiger charge is -2.26. The number of likely N-dealkylation sites (tertiary alicyclic amines) is 1. The van der Waals surface area contributed by atoms with E-state index >= 15 is 0 Å². The summed E-state index contributed by atoms with van der Waals surface area (Å²) in [6, 6.07) is 1.80. The van der Waals surface area contributed by atoms with Crippen LogP contribution in [0, 0.1) is 15.9 Å². The lowest BCUT2D eigenvalue weighted by atomic mass is 10.1. The number of hydrogen-bond donors (Lipinski definition) is 2. The Kier molecular flexibility index (Phi) is 4.14. The maximum atomic E-state index is 13.5. The van der Waals surface area contributed by atoms with E-state index in [2.05, 4.69) is 5.43 Å². The van der Waals surface area contributed by atoms with Gasteiger partial charge in [-0.1, -0.05) is 0 Å². The molecular formula is C12H15FN4O3. The van der Waals surface area contributed by atoms with Gasteiger partial charge in [0, 0.05) is 13.1 Å². The molecule has 0 radical (unpaired) electrons. The molecule has 0 aromatic heterocycles. The minimum Gasteiger partial charge on any atom is -0.338 e. The zero-order valence-corrected chi connectivity index (χ0v) is 10.8. The molecule has 0 saturated carbocycles. The molecule has 1 aliphatic rings. The van der Waals surface area contributed by atoms with Crippen molar-refractivity contribution in [2.24, 2.45) is 5.84 Å². The van der Waals surface area contributed by atoms with Crippen LogP contribution in [0.15, 0.2) is 12.1 Å². The SMILES string of the molecule is NNc1cc(C(=O)N2CCCCC2)c([N+](=O)[O-])cc1F. The lowest BCUT2D eigenvalue weighted by Crippen LogP contribution is -2.36. The molecule has 1 aromatic carbocycles. The van der Waals surface area contributed by atoms with Gasteiger partial charge in [-0.3, -0.25) is 20.8 Å². The van der Waals surface area contributed by atoms with Gasteiger partial charge in [0.05, 0.1) is 16.7 Å². The van der Waals surface area contributed by atoms with Gasteiger partial charge in [0.15, 0.2) is 5.82 Å². The second kappa shape index (κ2) is 5.83. The van der Waals surface area contributed by atoms with E-state index in [0.29, 0.717) is 19.2 Å². The van der Waals surface area contributed by atoms with Crippen LogP contribution in [0.5, 0.6) is 0 Å². The van der Waals surface area contributed by atoms with Crippen molar-refractivity contribution in [1.29, 1.82) is 0 Å². The van der Waals surface area contributed by atoms with E-state index < -0.39 is 22.3 Å². The standard InChI is InChI=1S/C12H15FN4O3/c13-9-7-11(17(19)20)8(6-10(9)15-14)12(18)16-4-2-1-3-5-16/h6-7,15H,1-5,14H2. The number of nitrogen functional groups attached to an aromatic ring is 1. The molecule has 1 aliphatic heterocycles. The Hall–Kier alpha value is -2.22. The molecule has 0 atom stereocenters. The molecule has 1 amide bonds. The zero-order chi connectivity index (χ0) is 14.7. The zero-order valence-electron chi connectivity index (χ0n) is 10.8. The second-order valence-electron chi connectivity index (χ2n) is 4.60. The summed E-state index contributed by atoms with van der Waals surface area (Å²) < 4.78 is 13.5. The van der Waals surface area contributed by atoms with E-state index in [0.717, 1.165) is 25.3 Å². The Morgan fingerprint density at radius 2 is 2.00 bits per heavy atom. The number of nitrogens with one attached hydrogen (secondary N) is 1. The molecule has 20 heavy (non-hydrogen) atoms. The van der Waals surface area contributed by atoms with Gasteiger partial charge >= 0.3 is 0 Å². The summed E-state index contributed by atoms with van der Waals surface area (Å²) in [7, 11) is 0. The average molecular weight is 282 g/mol. The second-order valence-corrected chi connectivity index (χ2v) is 4.60. The monoisotopic (exact) mass is 282 g/mol. The van der Waals surface area contributed by atoms with Crippen LogP contribution in [0.2, 0.25) is 0 Å². The van der Waals surface area contributed by atoms with E-state index in [1.165, 1.54) is 0 Å². The van der Waals surface area contributed by atoms with Crippen LogP contribution in [0.25, 0.3) is 0 Å². The van der Waals surface area contributed by atoms with Gasteiger partial charge in [0.1, 0.15) is 5.56 Å². The number of hydrazine groups is 1. The van der Waals surface area contributed by atoms with Crippen LogP contribution in [0.1, 0.15) is 29.6 Å². The van der Waals surface area contributed by atoms with E-state index in [1.807, 2.05) is 0 Å². The molecule has 0 unspecified atom stereocenters. The predicted molar refractivity (Wildman–Crippen MR) is 70.6 cm³/mol. The molecule has 2 rings (SSSR count). The van der Waals surface area contributed by atoms with Gasteiger partial charge in [-0.05, 0) is 25.3 Å². The van der Waals surface area contributed by atoms with Crippen molar-refractivity contribution in [1.82, 2.24) is 4.90 Å². The van der Waals surface area contributed by atoms with Crippen LogP contribution >= 0.6 is 0 Å².